The van der Waals surface area contributed by atoms with Gasteiger partial charge in [-0.1, -0.05) is 11.6 Å². The van der Waals surface area contributed by atoms with Gasteiger partial charge in [0.2, 0.25) is 0 Å². The molecular weight excluding hydrogens is 342 g/mol. The molecule has 0 fully saturated rings. The minimum Gasteiger partial charge on any atom is -0.484 e. The van der Waals surface area contributed by atoms with Crippen LogP contribution >= 0.6 is 11.6 Å². The highest BCUT2D eigenvalue weighted by molar-refractivity contribution is 6.30. The predicted octanol–water partition coefficient (Wildman–Crippen LogP) is 2.48. The monoisotopic (exact) mass is 363 g/mol. The number of nitrogens with zero attached hydrogens (tertiary/aromatic N) is 2. The number of amides is 1. The minimum atomic E-state index is -0.191. The summed E-state index contributed by atoms with van der Waals surface area (Å²) in [7, 11) is 0. The second kappa shape index (κ2) is 9.68. The lowest BCUT2D eigenvalue weighted by Gasteiger charge is -2.10. The summed E-state index contributed by atoms with van der Waals surface area (Å²) in [6.07, 6.45) is 0. The average molecular weight is 364 g/mol. The van der Waals surface area contributed by atoms with E-state index >= 15 is 0 Å². The number of carbonyl (C=O) groups is 1. The minimum absolute atomic E-state index is 0.0428. The Balaban J connectivity index is 1.68. The van der Waals surface area contributed by atoms with Crippen molar-refractivity contribution in [2.45, 2.75) is 13.8 Å². The SMILES string of the molecule is CCNc1cc(NCCNC(=O)COc2ccc(Cl)cc2)nc(C)n1. The molecule has 0 aliphatic carbocycles. The second-order valence-corrected chi connectivity index (χ2v) is 5.67. The van der Waals surface area contributed by atoms with Gasteiger partial charge in [-0.3, -0.25) is 4.79 Å². The van der Waals surface area contributed by atoms with Crippen molar-refractivity contribution in [3.63, 3.8) is 0 Å². The third-order valence-corrected chi connectivity index (χ3v) is 3.38. The van der Waals surface area contributed by atoms with Crippen LogP contribution in [-0.2, 0) is 4.79 Å². The van der Waals surface area contributed by atoms with Gasteiger partial charge in [-0.2, -0.15) is 0 Å². The van der Waals surface area contributed by atoms with Crippen molar-refractivity contribution in [2.24, 2.45) is 0 Å². The first kappa shape index (κ1) is 18.8. The number of halogens is 1. The Morgan fingerprint density at radius 3 is 2.48 bits per heavy atom. The first-order valence-corrected chi connectivity index (χ1v) is 8.43. The summed E-state index contributed by atoms with van der Waals surface area (Å²) in [6, 6.07) is 8.70. The molecule has 3 N–H and O–H groups in total. The molecule has 0 unspecified atom stereocenters. The van der Waals surface area contributed by atoms with Crippen molar-refractivity contribution >= 4 is 29.1 Å². The lowest BCUT2D eigenvalue weighted by molar-refractivity contribution is -0.123. The number of aromatic nitrogens is 2. The van der Waals surface area contributed by atoms with E-state index in [4.69, 9.17) is 16.3 Å². The van der Waals surface area contributed by atoms with Gasteiger partial charge in [0.15, 0.2) is 6.61 Å². The van der Waals surface area contributed by atoms with Gasteiger partial charge in [-0.05, 0) is 38.1 Å². The molecule has 1 aromatic heterocycles. The third kappa shape index (κ3) is 6.84. The largest absolute Gasteiger partial charge is 0.484 e. The molecule has 1 amide bonds. The van der Waals surface area contributed by atoms with Crippen molar-refractivity contribution in [2.75, 3.05) is 36.9 Å². The van der Waals surface area contributed by atoms with Crippen LogP contribution in [0.3, 0.4) is 0 Å². The van der Waals surface area contributed by atoms with E-state index in [-0.39, 0.29) is 12.5 Å². The highest BCUT2D eigenvalue weighted by atomic mass is 35.5. The average Bonchev–Trinajstić information content (AvgIpc) is 2.58. The Morgan fingerprint density at radius 1 is 1.12 bits per heavy atom. The van der Waals surface area contributed by atoms with Crippen molar-refractivity contribution in [1.82, 2.24) is 15.3 Å². The molecule has 0 atom stereocenters. The number of hydrogen-bond donors (Lipinski definition) is 3. The molecule has 7 nitrogen and oxygen atoms in total. The Kier molecular flexibility index (Phi) is 7.28. The van der Waals surface area contributed by atoms with Crippen molar-refractivity contribution in [1.29, 1.82) is 0 Å². The van der Waals surface area contributed by atoms with Crippen LogP contribution < -0.4 is 20.7 Å². The summed E-state index contributed by atoms with van der Waals surface area (Å²) in [5, 5.41) is 9.71. The summed E-state index contributed by atoms with van der Waals surface area (Å²) < 4.78 is 5.38. The zero-order valence-corrected chi connectivity index (χ0v) is 15.1. The second-order valence-electron chi connectivity index (χ2n) is 5.24. The first-order valence-electron chi connectivity index (χ1n) is 8.05. The van der Waals surface area contributed by atoms with Gasteiger partial charge >= 0.3 is 0 Å². The van der Waals surface area contributed by atoms with Gasteiger partial charge in [-0.15, -0.1) is 0 Å². The lowest BCUT2D eigenvalue weighted by Crippen LogP contribution is -2.32. The van der Waals surface area contributed by atoms with Crippen LogP contribution in [0.4, 0.5) is 11.6 Å². The summed E-state index contributed by atoms with van der Waals surface area (Å²) in [4.78, 5) is 20.3. The third-order valence-electron chi connectivity index (χ3n) is 3.13. The maximum Gasteiger partial charge on any atom is 0.258 e. The van der Waals surface area contributed by atoms with Crippen molar-refractivity contribution in [3.8, 4) is 5.75 Å². The summed E-state index contributed by atoms with van der Waals surface area (Å²) in [5.74, 6) is 2.59. The molecule has 2 rings (SSSR count). The van der Waals surface area contributed by atoms with Crippen molar-refractivity contribution < 1.29 is 9.53 Å². The zero-order chi connectivity index (χ0) is 18.1. The Bertz CT molecular complexity index is 694. The molecule has 0 bridgehead atoms. The fourth-order valence-electron chi connectivity index (χ4n) is 2.05. The topological polar surface area (TPSA) is 88.2 Å². The maximum atomic E-state index is 11.8. The van der Waals surface area contributed by atoms with Crippen LogP contribution in [0.2, 0.25) is 5.02 Å². The van der Waals surface area contributed by atoms with Gasteiger partial charge in [-0.25, -0.2) is 9.97 Å². The van der Waals surface area contributed by atoms with Gasteiger partial charge in [0, 0.05) is 30.7 Å². The molecule has 0 aliphatic rings. The van der Waals surface area contributed by atoms with E-state index in [9.17, 15) is 4.79 Å². The van der Waals surface area contributed by atoms with Crippen LogP contribution in [0, 0.1) is 6.92 Å². The summed E-state index contributed by atoms with van der Waals surface area (Å²) in [6.45, 7) is 5.60. The fraction of sp³-hybridized carbons (Fsp3) is 0.353. The smallest absolute Gasteiger partial charge is 0.258 e. The molecule has 0 radical (unpaired) electrons. The normalized spacial score (nSPS) is 10.2. The molecule has 0 saturated carbocycles. The van der Waals surface area contributed by atoms with E-state index in [1.54, 1.807) is 24.3 Å². The van der Waals surface area contributed by atoms with Crippen LogP contribution in [-0.4, -0.2) is 42.1 Å². The van der Waals surface area contributed by atoms with Crippen LogP contribution in [0.25, 0.3) is 0 Å². The van der Waals surface area contributed by atoms with E-state index in [1.165, 1.54) is 0 Å². The number of anilines is 2. The van der Waals surface area contributed by atoms with Gasteiger partial charge in [0.25, 0.3) is 5.91 Å². The van der Waals surface area contributed by atoms with Gasteiger partial charge < -0.3 is 20.7 Å². The number of carbonyl (C=O) groups excluding carboxylic acids is 1. The van der Waals surface area contributed by atoms with Gasteiger partial charge in [0.1, 0.15) is 23.2 Å². The Hall–Kier alpha value is -2.54. The molecule has 0 spiro atoms. The van der Waals surface area contributed by atoms with Crippen LogP contribution in [0.15, 0.2) is 30.3 Å². The molecule has 25 heavy (non-hydrogen) atoms. The fourth-order valence-corrected chi connectivity index (χ4v) is 2.18. The lowest BCUT2D eigenvalue weighted by atomic mass is 10.3. The number of aryl methyl sites for hydroxylation is 1. The molecule has 2 aromatic rings. The number of hydrogen-bond acceptors (Lipinski definition) is 6. The van der Waals surface area contributed by atoms with E-state index < -0.39 is 0 Å². The molecule has 1 heterocycles. The van der Waals surface area contributed by atoms with E-state index in [0.29, 0.717) is 29.7 Å². The molecular formula is C17H22ClN5O2. The van der Waals surface area contributed by atoms with Crippen LogP contribution in [0.5, 0.6) is 5.75 Å². The first-order chi connectivity index (χ1) is 12.1. The number of benzene rings is 1. The molecule has 134 valence electrons. The quantitative estimate of drug-likeness (QED) is 0.593. The molecule has 0 saturated heterocycles. The van der Waals surface area contributed by atoms with E-state index in [1.807, 2.05) is 19.9 Å². The standard InChI is InChI=1S/C17H22ClN5O2/c1-3-19-15-10-16(23-12(2)22-15)20-8-9-21-17(24)11-25-14-6-4-13(18)5-7-14/h4-7,10H,3,8-9,11H2,1-2H3,(H,21,24)(H2,19,20,22,23). The number of nitrogens with one attached hydrogen (secondary N) is 3. The van der Waals surface area contributed by atoms with E-state index in [2.05, 4.69) is 25.9 Å². The maximum absolute atomic E-state index is 11.8. The molecule has 0 aliphatic heterocycles. The summed E-state index contributed by atoms with van der Waals surface area (Å²) in [5.41, 5.74) is 0. The highest BCUT2D eigenvalue weighted by Crippen LogP contribution is 2.15. The predicted molar refractivity (Wildman–Crippen MR) is 99.4 cm³/mol. The van der Waals surface area contributed by atoms with Gasteiger partial charge in [0.05, 0.1) is 0 Å². The number of ether oxygens (including phenoxy) is 1. The van der Waals surface area contributed by atoms with Crippen molar-refractivity contribution in [3.05, 3.63) is 41.2 Å². The zero-order valence-electron chi connectivity index (χ0n) is 14.3. The molecule has 8 heteroatoms. The molecule has 1 aromatic carbocycles. The van der Waals surface area contributed by atoms with Crippen LogP contribution in [0.1, 0.15) is 12.7 Å². The number of rotatable bonds is 9. The Labute approximate surface area is 152 Å². The highest BCUT2D eigenvalue weighted by Gasteiger charge is 2.04. The Morgan fingerprint density at radius 2 is 1.80 bits per heavy atom. The van der Waals surface area contributed by atoms with E-state index in [0.717, 1.165) is 18.2 Å². The summed E-state index contributed by atoms with van der Waals surface area (Å²) >= 11 is 5.79.